The average Bonchev–Trinajstić information content (AvgIpc) is 3.21. The van der Waals surface area contributed by atoms with E-state index >= 15 is 0 Å². The number of thiocarbonyl (C=S) groups is 1. The molecule has 1 aliphatic carbocycles. The Kier molecular flexibility index (Phi) is 7.33. The minimum atomic E-state index is -0.356. The molecule has 146 valence electrons. The summed E-state index contributed by atoms with van der Waals surface area (Å²) in [5, 5.41) is 0.448. The summed E-state index contributed by atoms with van der Waals surface area (Å²) in [7, 11) is 0. The molecule has 1 atom stereocenters. The van der Waals surface area contributed by atoms with E-state index in [1.165, 1.54) is 12.0 Å². The fraction of sp³-hybridized carbons (Fsp3) is 0.619. The molecule has 2 heterocycles. The van der Waals surface area contributed by atoms with Crippen LogP contribution in [0.25, 0.3) is 0 Å². The van der Waals surface area contributed by atoms with Crippen molar-refractivity contribution in [2.45, 2.75) is 63.8 Å². The van der Waals surface area contributed by atoms with Crippen molar-refractivity contribution >= 4 is 29.0 Å². The fourth-order valence-electron chi connectivity index (χ4n) is 4.03. The summed E-state index contributed by atoms with van der Waals surface area (Å²) >= 11 is 5.44. The molecule has 6 heteroatoms. The Labute approximate surface area is 166 Å². The fourth-order valence-corrected chi connectivity index (χ4v) is 4.36. The maximum atomic E-state index is 12.7. The van der Waals surface area contributed by atoms with Crippen molar-refractivity contribution in [1.29, 1.82) is 0 Å². The van der Waals surface area contributed by atoms with Crippen LogP contribution in [0.2, 0.25) is 0 Å². The minimum Gasteiger partial charge on any atom is -0.485 e. The normalized spacial score (nSPS) is 20.4. The van der Waals surface area contributed by atoms with Crippen molar-refractivity contribution < 1.29 is 14.3 Å². The first-order chi connectivity index (χ1) is 13.2. The zero-order valence-electron chi connectivity index (χ0n) is 15.8. The first kappa shape index (κ1) is 19.9. The van der Waals surface area contributed by atoms with Gasteiger partial charge in [0.15, 0.2) is 5.05 Å². The number of carbonyl (C=O) groups excluding carboxylic acids is 2. The van der Waals surface area contributed by atoms with Gasteiger partial charge in [0.2, 0.25) is 5.78 Å². The number of nitrogens with zero attached hydrogens (tertiary/aromatic N) is 2. The van der Waals surface area contributed by atoms with E-state index in [2.05, 4.69) is 4.98 Å². The number of rotatable bonds is 7. The SMILES string of the molecule is O=C(C(=O)N1CCC[C@H]1C(=S)OCCCc1cccnc1)C1CCCCC1. The topological polar surface area (TPSA) is 59.5 Å². The van der Waals surface area contributed by atoms with Crippen LogP contribution in [0.4, 0.5) is 0 Å². The van der Waals surface area contributed by atoms with Crippen molar-refractivity contribution in [3.8, 4) is 0 Å². The van der Waals surface area contributed by atoms with E-state index in [4.69, 9.17) is 17.0 Å². The van der Waals surface area contributed by atoms with Crippen LogP contribution in [0.3, 0.4) is 0 Å². The van der Waals surface area contributed by atoms with E-state index < -0.39 is 0 Å². The van der Waals surface area contributed by atoms with E-state index in [-0.39, 0.29) is 23.7 Å². The molecule has 1 aliphatic heterocycles. The van der Waals surface area contributed by atoms with Crippen LogP contribution in [-0.4, -0.2) is 45.8 Å². The third kappa shape index (κ3) is 5.34. The number of aryl methyl sites for hydroxylation is 1. The molecular formula is C21H28N2O3S. The molecular weight excluding hydrogens is 360 g/mol. The molecule has 1 aromatic rings. The zero-order valence-corrected chi connectivity index (χ0v) is 16.6. The Hall–Kier alpha value is -1.82. The highest BCUT2D eigenvalue weighted by Gasteiger charge is 2.38. The van der Waals surface area contributed by atoms with Gasteiger partial charge < -0.3 is 9.64 Å². The van der Waals surface area contributed by atoms with Gasteiger partial charge in [0.05, 0.1) is 6.61 Å². The Balaban J connectivity index is 1.47. The second-order valence-electron chi connectivity index (χ2n) is 7.49. The highest BCUT2D eigenvalue weighted by atomic mass is 32.1. The molecule has 0 bridgehead atoms. The third-order valence-corrected chi connectivity index (χ3v) is 5.94. The first-order valence-electron chi connectivity index (χ1n) is 10.1. The maximum Gasteiger partial charge on any atom is 0.290 e. The van der Waals surface area contributed by atoms with E-state index in [0.717, 1.165) is 51.4 Å². The smallest absolute Gasteiger partial charge is 0.290 e. The van der Waals surface area contributed by atoms with Gasteiger partial charge in [0, 0.05) is 24.9 Å². The van der Waals surface area contributed by atoms with E-state index in [1.807, 2.05) is 18.3 Å². The summed E-state index contributed by atoms with van der Waals surface area (Å²) in [6.45, 7) is 1.12. The lowest BCUT2D eigenvalue weighted by atomic mass is 9.86. The van der Waals surface area contributed by atoms with Crippen LogP contribution in [0.5, 0.6) is 0 Å². The van der Waals surface area contributed by atoms with Crippen molar-refractivity contribution in [3.05, 3.63) is 30.1 Å². The van der Waals surface area contributed by atoms with Gasteiger partial charge >= 0.3 is 0 Å². The number of hydrogen-bond donors (Lipinski definition) is 0. The summed E-state index contributed by atoms with van der Waals surface area (Å²) in [4.78, 5) is 31.1. The van der Waals surface area contributed by atoms with Crippen LogP contribution in [0.15, 0.2) is 24.5 Å². The maximum absolute atomic E-state index is 12.7. The number of ether oxygens (including phenoxy) is 1. The predicted molar refractivity (Wildman–Crippen MR) is 107 cm³/mol. The molecule has 5 nitrogen and oxygen atoms in total. The van der Waals surface area contributed by atoms with Crippen LogP contribution in [0.1, 0.15) is 56.9 Å². The molecule has 0 unspecified atom stereocenters. The van der Waals surface area contributed by atoms with Crippen LogP contribution < -0.4 is 0 Å². The van der Waals surface area contributed by atoms with Gasteiger partial charge in [-0.25, -0.2) is 0 Å². The molecule has 2 aliphatic rings. The standard InChI is InChI=1S/C21H28N2O3S/c24-19(17-9-2-1-3-10-17)20(25)23-13-5-11-18(23)21(27)26-14-6-8-16-7-4-12-22-15-16/h4,7,12,15,17-18H,1-3,5-6,8-11,13-14H2/t18-/m0/s1. The Morgan fingerprint density at radius 3 is 2.74 bits per heavy atom. The molecule has 27 heavy (non-hydrogen) atoms. The number of Topliss-reactive ketones (excluding diaryl/α,β-unsaturated/α-hetero) is 1. The first-order valence-corrected chi connectivity index (χ1v) is 10.5. The highest BCUT2D eigenvalue weighted by molar-refractivity contribution is 7.80. The summed E-state index contributed by atoms with van der Waals surface area (Å²) < 4.78 is 5.76. The number of aromatic nitrogens is 1. The Bertz CT molecular complexity index is 659. The molecule has 0 spiro atoms. The van der Waals surface area contributed by atoms with Gasteiger partial charge in [-0.2, -0.15) is 0 Å². The quantitative estimate of drug-likeness (QED) is 0.406. The molecule has 1 amide bonds. The van der Waals surface area contributed by atoms with Gasteiger partial charge in [0.25, 0.3) is 5.91 Å². The minimum absolute atomic E-state index is 0.0959. The van der Waals surface area contributed by atoms with E-state index in [0.29, 0.717) is 18.2 Å². The highest BCUT2D eigenvalue weighted by Crippen LogP contribution is 2.27. The number of pyridine rings is 1. The van der Waals surface area contributed by atoms with Crippen molar-refractivity contribution in [1.82, 2.24) is 9.88 Å². The second kappa shape index (κ2) is 9.93. The number of carbonyl (C=O) groups is 2. The van der Waals surface area contributed by atoms with E-state index in [9.17, 15) is 9.59 Å². The van der Waals surface area contributed by atoms with Gasteiger partial charge in [-0.1, -0.05) is 25.3 Å². The number of amides is 1. The molecule has 1 saturated carbocycles. The molecule has 0 aromatic carbocycles. The monoisotopic (exact) mass is 388 g/mol. The molecule has 1 saturated heterocycles. The largest absolute Gasteiger partial charge is 0.485 e. The van der Waals surface area contributed by atoms with Crippen LogP contribution >= 0.6 is 12.2 Å². The van der Waals surface area contributed by atoms with E-state index in [1.54, 1.807) is 11.1 Å². The number of hydrogen-bond acceptors (Lipinski definition) is 5. The molecule has 2 fully saturated rings. The average molecular weight is 389 g/mol. The lowest BCUT2D eigenvalue weighted by Crippen LogP contribution is -2.46. The molecule has 0 N–H and O–H groups in total. The van der Waals surface area contributed by atoms with Crippen LogP contribution in [-0.2, 0) is 20.7 Å². The number of likely N-dealkylation sites (tertiary alicyclic amines) is 1. The molecule has 3 rings (SSSR count). The summed E-state index contributed by atoms with van der Waals surface area (Å²) in [6, 6.07) is 3.73. The van der Waals surface area contributed by atoms with Gasteiger partial charge in [0.1, 0.15) is 6.04 Å². The number of ketones is 1. The Morgan fingerprint density at radius 2 is 2.00 bits per heavy atom. The lowest BCUT2D eigenvalue weighted by molar-refractivity contribution is -0.147. The predicted octanol–water partition coefficient (Wildman–Crippen LogP) is 3.50. The van der Waals surface area contributed by atoms with Gasteiger partial charge in [-0.05, 0) is 62.4 Å². The van der Waals surface area contributed by atoms with Gasteiger partial charge in [-0.15, -0.1) is 0 Å². The van der Waals surface area contributed by atoms with Gasteiger partial charge in [-0.3, -0.25) is 14.6 Å². The molecule has 1 aromatic heterocycles. The summed E-state index contributed by atoms with van der Waals surface area (Å²) in [5.41, 5.74) is 1.17. The van der Waals surface area contributed by atoms with Crippen molar-refractivity contribution in [3.63, 3.8) is 0 Å². The van der Waals surface area contributed by atoms with Crippen LogP contribution in [0, 0.1) is 5.92 Å². The summed E-state index contributed by atoms with van der Waals surface area (Å²) in [6.07, 6.45) is 11.9. The second-order valence-corrected chi connectivity index (χ2v) is 7.89. The van der Waals surface area contributed by atoms with Crippen molar-refractivity contribution in [2.24, 2.45) is 5.92 Å². The zero-order chi connectivity index (χ0) is 19.1. The Morgan fingerprint density at radius 1 is 1.19 bits per heavy atom. The van der Waals surface area contributed by atoms with Crippen molar-refractivity contribution in [2.75, 3.05) is 13.2 Å². The lowest BCUT2D eigenvalue weighted by Gasteiger charge is -2.27. The third-order valence-electron chi connectivity index (χ3n) is 5.55. The molecule has 0 radical (unpaired) electrons. The summed E-state index contributed by atoms with van der Waals surface area (Å²) in [5.74, 6) is -0.673.